The molecule has 2 rings (SSSR count). The lowest BCUT2D eigenvalue weighted by molar-refractivity contribution is -0.123. The Bertz CT molecular complexity index is 635. The quantitative estimate of drug-likeness (QED) is 0.800. The SMILES string of the molecule is CCc1ccc(OCC(=O)N[C@@H](CC)c2ccc(OC)cc2)cc1. The van der Waals surface area contributed by atoms with Crippen LogP contribution in [0.2, 0.25) is 0 Å². The van der Waals surface area contributed by atoms with E-state index in [0.29, 0.717) is 5.75 Å². The fourth-order valence-electron chi connectivity index (χ4n) is 2.46. The van der Waals surface area contributed by atoms with Crippen LogP contribution >= 0.6 is 0 Å². The number of carbonyl (C=O) groups excluding carboxylic acids is 1. The Morgan fingerprint density at radius 3 is 2.17 bits per heavy atom. The zero-order valence-corrected chi connectivity index (χ0v) is 14.5. The molecule has 0 saturated heterocycles. The van der Waals surface area contributed by atoms with Crippen molar-refractivity contribution < 1.29 is 14.3 Å². The number of aryl methyl sites for hydroxylation is 1. The molecule has 4 nitrogen and oxygen atoms in total. The van der Waals surface area contributed by atoms with Gasteiger partial charge >= 0.3 is 0 Å². The second kappa shape index (κ2) is 8.96. The van der Waals surface area contributed by atoms with Gasteiger partial charge in [-0.3, -0.25) is 4.79 Å². The minimum absolute atomic E-state index is 0.0120. The van der Waals surface area contributed by atoms with E-state index in [0.717, 1.165) is 24.2 Å². The first-order valence-electron chi connectivity index (χ1n) is 8.31. The molecular formula is C20H25NO3. The molecule has 0 bridgehead atoms. The molecule has 0 heterocycles. The van der Waals surface area contributed by atoms with Crippen LogP contribution in [0, 0.1) is 0 Å². The summed E-state index contributed by atoms with van der Waals surface area (Å²) in [5, 5.41) is 3.01. The van der Waals surface area contributed by atoms with E-state index in [1.54, 1.807) is 7.11 Å². The van der Waals surface area contributed by atoms with E-state index in [1.165, 1.54) is 5.56 Å². The van der Waals surface area contributed by atoms with Gasteiger partial charge in [-0.1, -0.05) is 38.1 Å². The van der Waals surface area contributed by atoms with Crippen LogP contribution in [0.1, 0.15) is 37.4 Å². The van der Waals surface area contributed by atoms with E-state index in [2.05, 4.69) is 12.2 Å². The highest BCUT2D eigenvalue weighted by atomic mass is 16.5. The number of carbonyl (C=O) groups is 1. The second-order valence-corrected chi connectivity index (χ2v) is 5.59. The molecular weight excluding hydrogens is 302 g/mol. The molecule has 0 aliphatic heterocycles. The van der Waals surface area contributed by atoms with Gasteiger partial charge < -0.3 is 14.8 Å². The molecule has 2 aromatic rings. The lowest BCUT2D eigenvalue weighted by atomic mass is 10.0. The van der Waals surface area contributed by atoms with Crippen molar-refractivity contribution in [1.82, 2.24) is 5.32 Å². The van der Waals surface area contributed by atoms with Crippen molar-refractivity contribution in [2.45, 2.75) is 32.7 Å². The first kappa shape index (κ1) is 17.9. The predicted molar refractivity (Wildman–Crippen MR) is 95.5 cm³/mol. The Kier molecular flexibility index (Phi) is 6.67. The van der Waals surface area contributed by atoms with Crippen LogP contribution in [0.4, 0.5) is 0 Å². The van der Waals surface area contributed by atoms with Crippen molar-refractivity contribution in [2.24, 2.45) is 0 Å². The van der Waals surface area contributed by atoms with Crippen LogP contribution < -0.4 is 14.8 Å². The topological polar surface area (TPSA) is 47.6 Å². The van der Waals surface area contributed by atoms with Crippen molar-refractivity contribution >= 4 is 5.91 Å². The molecule has 4 heteroatoms. The predicted octanol–water partition coefficient (Wildman–Crippen LogP) is 3.90. The molecule has 0 fully saturated rings. The van der Waals surface area contributed by atoms with Crippen molar-refractivity contribution in [3.8, 4) is 11.5 Å². The molecule has 0 aliphatic rings. The highest BCUT2D eigenvalue weighted by Crippen LogP contribution is 2.20. The van der Waals surface area contributed by atoms with E-state index in [9.17, 15) is 4.79 Å². The van der Waals surface area contributed by atoms with E-state index in [1.807, 2.05) is 55.5 Å². The number of amides is 1. The number of nitrogens with one attached hydrogen (secondary N) is 1. The fraction of sp³-hybridized carbons (Fsp3) is 0.350. The molecule has 1 N–H and O–H groups in total. The van der Waals surface area contributed by atoms with Crippen molar-refractivity contribution in [2.75, 3.05) is 13.7 Å². The molecule has 0 radical (unpaired) electrons. The van der Waals surface area contributed by atoms with Crippen LogP contribution in [0.3, 0.4) is 0 Å². The maximum Gasteiger partial charge on any atom is 0.258 e. The summed E-state index contributed by atoms with van der Waals surface area (Å²) in [7, 11) is 1.64. The maximum absolute atomic E-state index is 12.1. The van der Waals surface area contributed by atoms with E-state index in [4.69, 9.17) is 9.47 Å². The maximum atomic E-state index is 12.1. The molecule has 24 heavy (non-hydrogen) atoms. The normalized spacial score (nSPS) is 11.6. The first-order chi connectivity index (χ1) is 11.7. The summed E-state index contributed by atoms with van der Waals surface area (Å²) in [5.74, 6) is 1.39. The van der Waals surface area contributed by atoms with Gasteiger partial charge in [-0.2, -0.15) is 0 Å². The average molecular weight is 327 g/mol. The smallest absolute Gasteiger partial charge is 0.258 e. The van der Waals surface area contributed by atoms with Gasteiger partial charge in [-0.15, -0.1) is 0 Å². The lowest BCUT2D eigenvalue weighted by Crippen LogP contribution is -2.32. The summed E-state index contributed by atoms with van der Waals surface area (Å²) in [5.41, 5.74) is 2.30. The van der Waals surface area contributed by atoms with Gasteiger partial charge in [0.1, 0.15) is 11.5 Å². The first-order valence-corrected chi connectivity index (χ1v) is 8.31. The van der Waals surface area contributed by atoms with E-state index < -0.39 is 0 Å². The molecule has 1 amide bonds. The number of hydrogen-bond acceptors (Lipinski definition) is 3. The Morgan fingerprint density at radius 1 is 1.00 bits per heavy atom. The number of rotatable bonds is 8. The number of hydrogen-bond donors (Lipinski definition) is 1. The zero-order valence-electron chi connectivity index (χ0n) is 14.5. The van der Waals surface area contributed by atoms with Crippen LogP contribution in [0.5, 0.6) is 11.5 Å². The van der Waals surface area contributed by atoms with Crippen molar-refractivity contribution in [1.29, 1.82) is 0 Å². The highest BCUT2D eigenvalue weighted by Gasteiger charge is 2.13. The van der Waals surface area contributed by atoms with Gasteiger partial charge in [0.15, 0.2) is 6.61 Å². The van der Waals surface area contributed by atoms with Gasteiger partial charge in [-0.05, 0) is 48.2 Å². The monoisotopic (exact) mass is 327 g/mol. The van der Waals surface area contributed by atoms with Crippen LogP contribution in [0.15, 0.2) is 48.5 Å². The number of benzene rings is 2. The van der Waals surface area contributed by atoms with Crippen LogP contribution in [0.25, 0.3) is 0 Å². The van der Waals surface area contributed by atoms with Gasteiger partial charge in [0.2, 0.25) is 0 Å². The third kappa shape index (κ3) is 5.01. The summed E-state index contributed by atoms with van der Waals surface area (Å²) < 4.78 is 10.7. The van der Waals surface area contributed by atoms with Gasteiger partial charge in [0.25, 0.3) is 5.91 Å². The summed E-state index contributed by atoms with van der Waals surface area (Å²) in [4.78, 5) is 12.1. The van der Waals surface area contributed by atoms with E-state index in [-0.39, 0.29) is 18.6 Å². The Morgan fingerprint density at radius 2 is 1.62 bits per heavy atom. The minimum atomic E-state index is -0.128. The molecule has 1 atom stereocenters. The molecule has 0 spiro atoms. The summed E-state index contributed by atoms with van der Waals surface area (Å²) >= 11 is 0. The molecule has 0 aliphatic carbocycles. The average Bonchev–Trinajstić information content (AvgIpc) is 2.65. The third-order valence-electron chi connectivity index (χ3n) is 3.96. The standard InChI is InChI=1S/C20H25NO3/c1-4-15-6-10-18(11-7-15)24-14-20(22)21-19(5-2)16-8-12-17(23-3)13-9-16/h6-13,19H,4-5,14H2,1-3H3,(H,21,22)/t19-/m0/s1. The van der Waals surface area contributed by atoms with Crippen LogP contribution in [-0.4, -0.2) is 19.6 Å². The fourth-order valence-corrected chi connectivity index (χ4v) is 2.46. The minimum Gasteiger partial charge on any atom is -0.497 e. The van der Waals surface area contributed by atoms with Gasteiger partial charge in [-0.25, -0.2) is 0 Å². The van der Waals surface area contributed by atoms with E-state index >= 15 is 0 Å². The lowest BCUT2D eigenvalue weighted by Gasteiger charge is -2.18. The number of ether oxygens (including phenoxy) is 2. The van der Waals surface area contributed by atoms with Crippen molar-refractivity contribution in [3.63, 3.8) is 0 Å². The third-order valence-corrected chi connectivity index (χ3v) is 3.96. The Labute approximate surface area is 143 Å². The molecule has 2 aromatic carbocycles. The van der Waals surface area contributed by atoms with Gasteiger partial charge in [0.05, 0.1) is 13.2 Å². The van der Waals surface area contributed by atoms with Crippen molar-refractivity contribution in [3.05, 3.63) is 59.7 Å². The largest absolute Gasteiger partial charge is 0.497 e. The zero-order chi connectivity index (χ0) is 17.4. The second-order valence-electron chi connectivity index (χ2n) is 5.59. The molecule has 0 unspecified atom stereocenters. The molecule has 0 saturated carbocycles. The molecule has 128 valence electrons. The molecule has 0 aromatic heterocycles. The van der Waals surface area contributed by atoms with Gasteiger partial charge in [0, 0.05) is 0 Å². The van der Waals surface area contributed by atoms with Crippen LogP contribution in [-0.2, 0) is 11.2 Å². The number of methoxy groups -OCH3 is 1. The highest BCUT2D eigenvalue weighted by molar-refractivity contribution is 5.78. The Balaban J connectivity index is 1.88. The summed E-state index contributed by atoms with van der Waals surface area (Å²) in [6.07, 6.45) is 1.80. The Hall–Kier alpha value is -2.49. The summed E-state index contributed by atoms with van der Waals surface area (Å²) in [6.45, 7) is 4.16. The summed E-state index contributed by atoms with van der Waals surface area (Å²) in [6, 6.07) is 15.5.